The number of rotatable bonds is 8. The highest BCUT2D eigenvalue weighted by Crippen LogP contribution is 2.28. The summed E-state index contributed by atoms with van der Waals surface area (Å²) >= 11 is 7.22. The van der Waals surface area contributed by atoms with Crippen molar-refractivity contribution in [3.63, 3.8) is 0 Å². The third-order valence-electron chi connectivity index (χ3n) is 4.20. The van der Waals surface area contributed by atoms with Gasteiger partial charge in [-0.3, -0.25) is 9.59 Å². The average Bonchev–Trinajstić information content (AvgIpc) is 3.23. The lowest BCUT2D eigenvalue weighted by molar-refractivity contribution is -0.117. The Balaban J connectivity index is 1.86. The van der Waals surface area contributed by atoms with Crippen LogP contribution in [0.5, 0.6) is 11.5 Å². The molecule has 0 atom stereocenters. The fourth-order valence-corrected chi connectivity index (χ4v) is 3.60. The number of hydrogen-bond donors (Lipinski definition) is 2. The monoisotopic (exact) mass is 469 g/mol. The largest absolute Gasteiger partial charge is 0.493 e. The van der Waals surface area contributed by atoms with E-state index in [1.165, 1.54) is 37.8 Å². The second-order valence-corrected chi connectivity index (χ2v) is 8.08. The molecule has 0 unspecified atom stereocenters. The zero-order chi connectivity index (χ0) is 22.9. The van der Waals surface area contributed by atoms with Crippen LogP contribution in [0.2, 0.25) is 4.34 Å². The molecule has 0 saturated carbocycles. The van der Waals surface area contributed by atoms with Gasteiger partial charge in [-0.1, -0.05) is 35.9 Å². The maximum Gasteiger partial charge on any atom is 0.287 e. The maximum absolute atomic E-state index is 12.8. The lowest BCUT2D eigenvalue weighted by Crippen LogP contribution is -2.32. The van der Waals surface area contributed by atoms with E-state index < -0.39 is 11.8 Å². The summed E-state index contributed by atoms with van der Waals surface area (Å²) in [6.07, 6.45) is 3.00. The number of carbonyl (C=O) groups excluding carboxylic acids is 2. The zero-order valence-electron chi connectivity index (χ0n) is 17.3. The van der Waals surface area contributed by atoms with Crippen LogP contribution in [-0.2, 0) is 4.79 Å². The van der Waals surface area contributed by atoms with Crippen molar-refractivity contribution in [2.45, 2.75) is 0 Å². The first-order valence-electron chi connectivity index (χ1n) is 9.39. The Hall–Kier alpha value is -3.62. The fraction of sp³-hybridized carbons (Fsp3) is 0.0870. The molecule has 0 aliphatic rings. The van der Waals surface area contributed by atoms with Crippen LogP contribution in [0.25, 0.3) is 6.08 Å². The Bertz CT molecular complexity index is 1160. The number of hydrazone groups is 1. The number of methoxy groups -OCH3 is 2. The molecule has 32 heavy (non-hydrogen) atoms. The van der Waals surface area contributed by atoms with Crippen molar-refractivity contribution >= 4 is 47.0 Å². The molecule has 9 heteroatoms. The summed E-state index contributed by atoms with van der Waals surface area (Å²) in [7, 11) is 3.05. The molecule has 0 radical (unpaired) electrons. The summed E-state index contributed by atoms with van der Waals surface area (Å²) in [5, 5.41) is 6.60. The summed E-state index contributed by atoms with van der Waals surface area (Å²) in [5.41, 5.74) is 3.46. The number of amides is 2. The third-order valence-corrected chi connectivity index (χ3v) is 5.36. The van der Waals surface area contributed by atoms with Gasteiger partial charge in [0.15, 0.2) is 11.5 Å². The van der Waals surface area contributed by atoms with E-state index in [4.69, 9.17) is 21.1 Å². The van der Waals surface area contributed by atoms with E-state index in [2.05, 4.69) is 15.8 Å². The SMILES string of the molecule is COc1ccc(/C=C(/NC(=O)c2ccccc2)C(=O)NN=Cc2ccc(Cl)s2)cc1OC. The number of carbonyl (C=O) groups is 2. The van der Waals surface area contributed by atoms with E-state index in [9.17, 15) is 9.59 Å². The van der Waals surface area contributed by atoms with Gasteiger partial charge in [-0.2, -0.15) is 5.10 Å². The minimum Gasteiger partial charge on any atom is -0.493 e. The van der Waals surface area contributed by atoms with Gasteiger partial charge >= 0.3 is 0 Å². The number of nitrogens with one attached hydrogen (secondary N) is 2. The topological polar surface area (TPSA) is 89.0 Å². The van der Waals surface area contributed by atoms with Crippen LogP contribution >= 0.6 is 22.9 Å². The first kappa shape index (κ1) is 23.1. The van der Waals surface area contributed by atoms with Gasteiger partial charge < -0.3 is 14.8 Å². The highest BCUT2D eigenvalue weighted by atomic mass is 35.5. The Labute approximate surface area is 194 Å². The average molecular weight is 470 g/mol. The molecule has 0 aliphatic carbocycles. The van der Waals surface area contributed by atoms with Gasteiger partial charge in [0, 0.05) is 10.4 Å². The molecule has 2 amide bonds. The van der Waals surface area contributed by atoms with Gasteiger partial charge in [0.1, 0.15) is 5.70 Å². The molecule has 1 heterocycles. The highest BCUT2D eigenvalue weighted by molar-refractivity contribution is 7.17. The van der Waals surface area contributed by atoms with Gasteiger partial charge in [0.05, 0.1) is 24.8 Å². The number of ether oxygens (including phenoxy) is 2. The van der Waals surface area contributed by atoms with Crippen LogP contribution in [0.3, 0.4) is 0 Å². The molecule has 0 bridgehead atoms. The second-order valence-electron chi connectivity index (χ2n) is 6.33. The molecule has 0 spiro atoms. The number of benzene rings is 2. The van der Waals surface area contributed by atoms with Crippen molar-refractivity contribution in [2.24, 2.45) is 5.10 Å². The molecule has 1 aromatic heterocycles. The third kappa shape index (κ3) is 6.19. The zero-order valence-corrected chi connectivity index (χ0v) is 18.9. The van der Waals surface area contributed by atoms with Crippen LogP contribution in [-0.4, -0.2) is 32.2 Å². The molecule has 0 aliphatic heterocycles. The molecule has 164 valence electrons. The Kier molecular flexibility index (Phi) is 8.02. The van der Waals surface area contributed by atoms with Gasteiger partial charge in [0.25, 0.3) is 11.8 Å². The van der Waals surface area contributed by atoms with E-state index >= 15 is 0 Å². The number of hydrogen-bond acceptors (Lipinski definition) is 6. The second kappa shape index (κ2) is 11.1. The molecule has 3 rings (SSSR count). The standard InChI is InChI=1S/C23H20ClN3O4S/c1-30-19-10-8-15(13-20(19)31-2)12-18(26-22(28)16-6-4-3-5-7-16)23(29)27-25-14-17-9-11-21(24)32-17/h3-14H,1-2H3,(H,26,28)(H,27,29)/b18-12+,25-14?. The molecule has 0 saturated heterocycles. The van der Waals surface area contributed by atoms with E-state index in [1.807, 2.05) is 0 Å². The van der Waals surface area contributed by atoms with Gasteiger partial charge in [0.2, 0.25) is 0 Å². The predicted molar refractivity (Wildman–Crippen MR) is 126 cm³/mol. The summed E-state index contributed by atoms with van der Waals surface area (Å²) in [4.78, 5) is 26.2. The van der Waals surface area contributed by atoms with Crippen LogP contribution in [0.1, 0.15) is 20.8 Å². The summed E-state index contributed by atoms with van der Waals surface area (Å²) in [6.45, 7) is 0. The van der Waals surface area contributed by atoms with E-state index in [-0.39, 0.29) is 5.70 Å². The summed E-state index contributed by atoms with van der Waals surface area (Å²) in [5.74, 6) is 0.00985. The fourth-order valence-electron chi connectivity index (χ4n) is 2.66. The first-order chi connectivity index (χ1) is 15.5. The normalized spacial score (nSPS) is 11.3. The van der Waals surface area contributed by atoms with E-state index in [0.29, 0.717) is 27.0 Å². The lowest BCUT2D eigenvalue weighted by Gasteiger charge is -2.11. The molecular weight excluding hydrogens is 450 g/mol. The van der Waals surface area contributed by atoms with Crippen LogP contribution < -0.4 is 20.2 Å². The smallest absolute Gasteiger partial charge is 0.287 e. The predicted octanol–water partition coefficient (Wildman–Crippen LogP) is 4.34. The minimum atomic E-state index is -0.594. The van der Waals surface area contributed by atoms with Crippen LogP contribution in [0.15, 0.2) is 71.5 Å². The maximum atomic E-state index is 12.8. The number of thiophene rings is 1. The highest BCUT2D eigenvalue weighted by Gasteiger charge is 2.15. The van der Waals surface area contributed by atoms with Crippen LogP contribution in [0, 0.1) is 0 Å². The minimum absolute atomic E-state index is 0.00688. The summed E-state index contributed by atoms with van der Waals surface area (Å²) in [6, 6.07) is 17.2. The first-order valence-corrected chi connectivity index (χ1v) is 10.6. The van der Waals surface area contributed by atoms with Crippen LogP contribution in [0.4, 0.5) is 0 Å². The van der Waals surface area contributed by atoms with Crippen molar-refractivity contribution in [3.05, 3.63) is 86.7 Å². The van der Waals surface area contributed by atoms with E-state index in [0.717, 1.165) is 4.88 Å². The molecule has 2 aromatic carbocycles. The number of nitrogens with zero attached hydrogens (tertiary/aromatic N) is 1. The molecule has 7 nitrogen and oxygen atoms in total. The van der Waals surface area contributed by atoms with Gasteiger partial charge in [-0.05, 0) is 48.0 Å². The Morgan fingerprint density at radius 3 is 2.41 bits per heavy atom. The lowest BCUT2D eigenvalue weighted by atomic mass is 10.1. The van der Waals surface area contributed by atoms with Crippen molar-refractivity contribution in [1.82, 2.24) is 10.7 Å². The van der Waals surface area contributed by atoms with Crippen molar-refractivity contribution < 1.29 is 19.1 Å². The number of halogens is 1. The molecular formula is C23H20ClN3O4S. The Morgan fingerprint density at radius 1 is 1.00 bits per heavy atom. The quantitative estimate of drug-likeness (QED) is 0.292. The molecule has 3 aromatic rings. The summed E-state index contributed by atoms with van der Waals surface area (Å²) < 4.78 is 11.2. The van der Waals surface area contributed by atoms with Crippen molar-refractivity contribution in [3.8, 4) is 11.5 Å². The van der Waals surface area contributed by atoms with Gasteiger partial charge in [-0.15, -0.1) is 11.3 Å². The van der Waals surface area contributed by atoms with Crippen molar-refractivity contribution in [2.75, 3.05) is 14.2 Å². The Morgan fingerprint density at radius 2 is 1.75 bits per heavy atom. The van der Waals surface area contributed by atoms with Crippen molar-refractivity contribution in [1.29, 1.82) is 0 Å². The molecule has 2 N–H and O–H groups in total. The molecule has 0 fully saturated rings. The van der Waals surface area contributed by atoms with E-state index in [1.54, 1.807) is 60.7 Å². The van der Waals surface area contributed by atoms with Gasteiger partial charge in [-0.25, -0.2) is 5.43 Å².